The fourth-order valence-corrected chi connectivity index (χ4v) is 8.41. The Labute approximate surface area is 185 Å². The molecule has 0 bridgehead atoms. The lowest BCUT2D eigenvalue weighted by Crippen LogP contribution is -2.48. The summed E-state index contributed by atoms with van der Waals surface area (Å²) >= 11 is 0. The lowest BCUT2D eigenvalue weighted by molar-refractivity contribution is -0.156. The van der Waals surface area contributed by atoms with Gasteiger partial charge in [0.15, 0.2) is 6.29 Å². The van der Waals surface area contributed by atoms with Gasteiger partial charge in [-0.1, -0.05) is 44.1 Å². The van der Waals surface area contributed by atoms with Gasteiger partial charge >= 0.3 is 5.97 Å². The lowest BCUT2D eigenvalue weighted by atomic mass is 9.50. The summed E-state index contributed by atoms with van der Waals surface area (Å²) in [5, 5.41) is 0. The number of ether oxygens (including phenoxy) is 4. The fourth-order valence-electron chi connectivity index (χ4n) is 8.41. The second-order valence-electron chi connectivity index (χ2n) is 11.5. The zero-order valence-electron chi connectivity index (χ0n) is 19.3. The van der Waals surface area contributed by atoms with E-state index in [2.05, 4.69) is 32.9 Å². The average molecular weight is 429 g/mol. The van der Waals surface area contributed by atoms with Crippen molar-refractivity contribution in [3.63, 3.8) is 0 Å². The Bertz CT molecular complexity index is 856. The van der Waals surface area contributed by atoms with E-state index < -0.39 is 5.79 Å². The van der Waals surface area contributed by atoms with Crippen molar-refractivity contribution in [2.24, 2.45) is 34.5 Å². The van der Waals surface area contributed by atoms with Crippen molar-refractivity contribution < 1.29 is 23.7 Å². The van der Waals surface area contributed by atoms with Crippen LogP contribution in [0.2, 0.25) is 0 Å². The summed E-state index contributed by atoms with van der Waals surface area (Å²) in [6.45, 7) is 10.3. The highest BCUT2D eigenvalue weighted by atomic mass is 16.8. The second kappa shape index (κ2) is 6.68. The molecule has 0 radical (unpaired) electrons. The minimum Gasteiger partial charge on any atom is -0.430 e. The SMILES string of the molecule is CC(=O)O[C@]12CC3=CC=C4C(CC[C@@]5(C)C4CC[C@@H]5C(C)C4OCCO4)[C@@]3(C)CC1O2. The fraction of sp³-hybridized carbons (Fsp3) is 0.808. The molecule has 4 unspecified atom stereocenters. The summed E-state index contributed by atoms with van der Waals surface area (Å²) in [5.74, 6) is 1.40. The Balaban J connectivity index is 1.28. The molecule has 0 N–H and O–H groups in total. The minimum atomic E-state index is -0.680. The third-order valence-electron chi connectivity index (χ3n) is 10.0. The van der Waals surface area contributed by atoms with E-state index >= 15 is 0 Å². The molecule has 0 aromatic rings. The minimum absolute atomic E-state index is 0.0255. The zero-order valence-corrected chi connectivity index (χ0v) is 19.3. The maximum atomic E-state index is 11.6. The molecule has 170 valence electrons. The summed E-state index contributed by atoms with van der Waals surface area (Å²) in [4.78, 5) is 11.6. The van der Waals surface area contributed by atoms with Crippen LogP contribution in [0.1, 0.15) is 66.2 Å². The second-order valence-corrected chi connectivity index (χ2v) is 11.5. The number of esters is 1. The first-order chi connectivity index (χ1) is 14.8. The van der Waals surface area contributed by atoms with Crippen LogP contribution in [-0.4, -0.2) is 37.4 Å². The Morgan fingerprint density at radius 1 is 1.13 bits per heavy atom. The molecule has 6 rings (SSSR count). The molecule has 5 fully saturated rings. The molecule has 2 saturated heterocycles. The molecular formula is C26H36O5. The topological polar surface area (TPSA) is 57.3 Å². The number of rotatable bonds is 3. The maximum Gasteiger partial charge on any atom is 0.305 e. The van der Waals surface area contributed by atoms with E-state index in [1.807, 2.05) is 0 Å². The Kier molecular flexibility index (Phi) is 4.40. The summed E-state index contributed by atoms with van der Waals surface area (Å²) in [7, 11) is 0. The van der Waals surface area contributed by atoms with E-state index in [1.54, 1.807) is 5.57 Å². The normalized spacial score (nSPS) is 49.2. The van der Waals surface area contributed by atoms with Gasteiger partial charge in [0.05, 0.1) is 13.2 Å². The molecule has 0 aromatic heterocycles. The van der Waals surface area contributed by atoms with Crippen LogP contribution in [0.25, 0.3) is 0 Å². The zero-order chi connectivity index (χ0) is 21.6. The molecule has 5 nitrogen and oxygen atoms in total. The van der Waals surface area contributed by atoms with E-state index in [-0.39, 0.29) is 23.8 Å². The molecule has 2 aliphatic heterocycles. The first-order valence-corrected chi connectivity index (χ1v) is 12.3. The van der Waals surface area contributed by atoms with Gasteiger partial charge in [0.1, 0.15) is 6.10 Å². The largest absolute Gasteiger partial charge is 0.430 e. The molecule has 31 heavy (non-hydrogen) atoms. The van der Waals surface area contributed by atoms with Gasteiger partial charge in [-0.2, -0.15) is 0 Å². The molecule has 0 amide bonds. The first kappa shape index (κ1) is 20.4. The van der Waals surface area contributed by atoms with Crippen molar-refractivity contribution >= 4 is 5.97 Å². The van der Waals surface area contributed by atoms with E-state index in [9.17, 15) is 4.79 Å². The van der Waals surface area contributed by atoms with Crippen LogP contribution < -0.4 is 0 Å². The van der Waals surface area contributed by atoms with Gasteiger partial charge in [-0.3, -0.25) is 4.79 Å². The van der Waals surface area contributed by atoms with Crippen LogP contribution in [0.3, 0.4) is 0 Å². The van der Waals surface area contributed by atoms with E-state index in [4.69, 9.17) is 18.9 Å². The maximum absolute atomic E-state index is 11.6. The molecule has 8 atom stereocenters. The van der Waals surface area contributed by atoms with Crippen molar-refractivity contribution in [3.05, 3.63) is 23.3 Å². The van der Waals surface area contributed by atoms with E-state index in [1.165, 1.54) is 38.2 Å². The molecule has 2 heterocycles. The van der Waals surface area contributed by atoms with Crippen molar-refractivity contribution in [2.45, 2.75) is 84.4 Å². The van der Waals surface area contributed by atoms with Gasteiger partial charge in [-0.25, -0.2) is 0 Å². The monoisotopic (exact) mass is 428 g/mol. The van der Waals surface area contributed by atoms with E-state index in [0.29, 0.717) is 29.1 Å². The highest BCUT2D eigenvalue weighted by molar-refractivity contribution is 5.67. The van der Waals surface area contributed by atoms with Gasteiger partial charge in [-0.05, 0) is 60.7 Å². The molecule has 0 spiro atoms. The van der Waals surface area contributed by atoms with Crippen LogP contribution in [0.15, 0.2) is 23.3 Å². The summed E-state index contributed by atoms with van der Waals surface area (Å²) in [5.41, 5.74) is 3.53. The molecular weight excluding hydrogens is 392 g/mol. The van der Waals surface area contributed by atoms with Crippen molar-refractivity contribution in [2.75, 3.05) is 13.2 Å². The van der Waals surface area contributed by atoms with Gasteiger partial charge in [-0.15, -0.1) is 0 Å². The highest BCUT2D eigenvalue weighted by Crippen LogP contribution is 2.68. The van der Waals surface area contributed by atoms with Crippen molar-refractivity contribution in [3.8, 4) is 0 Å². The lowest BCUT2D eigenvalue weighted by Gasteiger charge is -2.54. The summed E-state index contributed by atoms with van der Waals surface area (Å²) < 4.78 is 23.4. The van der Waals surface area contributed by atoms with Gasteiger partial charge in [0.2, 0.25) is 5.79 Å². The van der Waals surface area contributed by atoms with Crippen LogP contribution in [0.5, 0.6) is 0 Å². The summed E-state index contributed by atoms with van der Waals surface area (Å²) in [6, 6.07) is 0. The molecule has 3 saturated carbocycles. The smallest absolute Gasteiger partial charge is 0.305 e. The van der Waals surface area contributed by atoms with Crippen molar-refractivity contribution in [1.82, 2.24) is 0 Å². The summed E-state index contributed by atoms with van der Waals surface area (Å²) in [6.07, 6.45) is 11.5. The third kappa shape index (κ3) is 2.82. The number of epoxide rings is 1. The van der Waals surface area contributed by atoms with Gasteiger partial charge < -0.3 is 18.9 Å². The number of carbonyl (C=O) groups excluding carboxylic acids is 1. The molecule has 0 aromatic carbocycles. The quantitative estimate of drug-likeness (QED) is 0.479. The third-order valence-corrected chi connectivity index (χ3v) is 10.0. The predicted octanol–water partition coefficient (Wildman–Crippen LogP) is 4.76. The number of hydrogen-bond donors (Lipinski definition) is 0. The van der Waals surface area contributed by atoms with Crippen LogP contribution in [0, 0.1) is 34.5 Å². The average Bonchev–Trinajstić information content (AvgIpc) is 3.08. The highest BCUT2D eigenvalue weighted by Gasteiger charge is 2.69. The Morgan fingerprint density at radius 3 is 2.65 bits per heavy atom. The number of carbonyl (C=O) groups is 1. The predicted molar refractivity (Wildman–Crippen MR) is 115 cm³/mol. The molecule has 6 aliphatic rings. The number of hydrogen-bond acceptors (Lipinski definition) is 5. The van der Waals surface area contributed by atoms with E-state index in [0.717, 1.165) is 26.1 Å². The van der Waals surface area contributed by atoms with Gasteiger partial charge in [0.25, 0.3) is 0 Å². The van der Waals surface area contributed by atoms with Gasteiger partial charge in [0, 0.05) is 19.3 Å². The Morgan fingerprint density at radius 2 is 1.90 bits per heavy atom. The number of allylic oxidation sites excluding steroid dienone is 3. The van der Waals surface area contributed by atoms with Crippen LogP contribution >= 0.6 is 0 Å². The standard InChI is InChI=1S/C26H36O5/c1-15(23-28-11-12-29-23)19-7-8-20-18-6-5-17-13-26(30-16(2)27)22(31-26)14-25(17,4)21(18)9-10-24(19,20)3/h5-6,15,19-23H,7-14H2,1-4H3/t15?,19-,20?,21?,22?,24-,25+,26+/m1/s1. The molecule has 4 aliphatic carbocycles. The van der Waals surface area contributed by atoms with Crippen molar-refractivity contribution in [1.29, 1.82) is 0 Å². The molecule has 5 heteroatoms. The van der Waals surface area contributed by atoms with Crippen LogP contribution in [0.4, 0.5) is 0 Å². The number of fused-ring (bicyclic) bond motifs is 6. The Hall–Kier alpha value is -1.17. The first-order valence-electron chi connectivity index (χ1n) is 12.3. The van der Waals surface area contributed by atoms with Crippen LogP contribution in [-0.2, 0) is 23.7 Å².